The number of benzene rings is 1. The maximum absolute atomic E-state index is 12.6. The maximum atomic E-state index is 12.6. The van der Waals surface area contributed by atoms with Crippen molar-refractivity contribution in [3.8, 4) is 0 Å². The fraction of sp³-hybridized carbons (Fsp3) is 0.500. The lowest BCUT2D eigenvalue weighted by Crippen LogP contribution is -2.40. The number of hydrogen-bond donors (Lipinski definition) is 1. The zero-order chi connectivity index (χ0) is 13.5. The van der Waals surface area contributed by atoms with Crippen molar-refractivity contribution in [2.24, 2.45) is 5.73 Å². The number of nitrogens with two attached hydrogens (primary N) is 1. The van der Waals surface area contributed by atoms with Crippen LogP contribution in [-0.2, 0) is 10.0 Å². The van der Waals surface area contributed by atoms with Gasteiger partial charge in [-0.25, -0.2) is 8.42 Å². The van der Waals surface area contributed by atoms with Gasteiger partial charge in [0.15, 0.2) is 0 Å². The van der Waals surface area contributed by atoms with Gasteiger partial charge in [-0.05, 0) is 53.9 Å². The molecular formula is C12H17BrN2O2S. The molecule has 1 aromatic rings. The molecule has 2 atom stereocenters. The van der Waals surface area contributed by atoms with Crippen LogP contribution in [0.15, 0.2) is 27.6 Å². The highest BCUT2D eigenvalue weighted by atomic mass is 79.9. The quantitative estimate of drug-likeness (QED) is 0.899. The van der Waals surface area contributed by atoms with Gasteiger partial charge in [0.05, 0.1) is 4.90 Å². The van der Waals surface area contributed by atoms with E-state index >= 15 is 0 Å². The fourth-order valence-electron chi connectivity index (χ4n) is 2.22. The average molecular weight is 333 g/mol. The second-order valence-electron chi connectivity index (χ2n) is 4.74. The van der Waals surface area contributed by atoms with Gasteiger partial charge < -0.3 is 5.73 Å². The minimum atomic E-state index is -3.46. The summed E-state index contributed by atoms with van der Waals surface area (Å²) < 4.78 is 27.2. The van der Waals surface area contributed by atoms with E-state index in [-0.39, 0.29) is 12.1 Å². The van der Waals surface area contributed by atoms with E-state index in [0.717, 1.165) is 5.56 Å². The normalized spacial score (nSPS) is 25.6. The summed E-state index contributed by atoms with van der Waals surface area (Å²) in [5, 5.41) is 0. The Kier molecular flexibility index (Phi) is 3.82. The summed E-state index contributed by atoms with van der Waals surface area (Å²) in [6.07, 6.45) is 0.712. The van der Waals surface area contributed by atoms with Crippen molar-refractivity contribution in [1.82, 2.24) is 4.31 Å². The van der Waals surface area contributed by atoms with Gasteiger partial charge in [0.25, 0.3) is 0 Å². The summed E-state index contributed by atoms with van der Waals surface area (Å²) in [5.74, 6) is 0. The van der Waals surface area contributed by atoms with Crippen molar-refractivity contribution in [2.75, 3.05) is 6.54 Å². The van der Waals surface area contributed by atoms with E-state index in [1.807, 2.05) is 19.9 Å². The van der Waals surface area contributed by atoms with E-state index < -0.39 is 10.0 Å². The molecule has 2 rings (SSSR count). The Morgan fingerprint density at radius 2 is 2.11 bits per heavy atom. The summed E-state index contributed by atoms with van der Waals surface area (Å²) in [7, 11) is -3.46. The lowest BCUT2D eigenvalue weighted by atomic mass is 10.2. The van der Waals surface area contributed by atoms with Crippen molar-refractivity contribution >= 4 is 26.0 Å². The first kappa shape index (κ1) is 14.0. The predicted octanol–water partition coefficient (Wildman–Crippen LogP) is 1.87. The molecular weight excluding hydrogens is 316 g/mol. The molecule has 0 spiro atoms. The summed E-state index contributed by atoms with van der Waals surface area (Å²) in [4.78, 5) is 0.314. The molecule has 100 valence electrons. The Hall–Kier alpha value is -0.430. The summed E-state index contributed by atoms with van der Waals surface area (Å²) >= 11 is 3.33. The Morgan fingerprint density at radius 1 is 1.44 bits per heavy atom. The van der Waals surface area contributed by atoms with Crippen molar-refractivity contribution in [2.45, 2.75) is 37.2 Å². The number of sulfonamides is 1. The van der Waals surface area contributed by atoms with E-state index in [4.69, 9.17) is 5.73 Å². The van der Waals surface area contributed by atoms with Crippen molar-refractivity contribution < 1.29 is 8.42 Å². The van der Waals surface area contributed by atoms with Crippen LogP contribution < -0.4 is 5.73 Å². The molecule has 6 heteroatoms. The standard InChI is InChI=1S/C12H17BrN2O2S/c1-8-3-4-12(10(13)7-8)18(16,17)15-6-5-11(14)9(15)2/h3-4,7,9,11H,5-6,14H2,1-2H3. The second kappa shape index (κ2) is 4.92. The first-order valence-electron chi connectivity index (χ1n) is 5.87. The molecule has 1 aromatic carbocycles. The molecule has 2 N–H and O–H groups in total. The van der Waals surface area contributed by atoms with Gasteiger partial charge in [-0.3, -0.25) is 0 Å². The van der Waals surface area contributed by atoms with Crippen LogP contribution in [0.2, 0.25) is 0 Å². The maximum Gasteiger partial charge on any atom is 0.244 e. The first-order chi connectivity index (χ1) is 8.34. The number of hydrogen-bond acceptors (Lipinski definition) is 3. The van der Waals surface area contributed by atoms with Crippen LogP contribution in [0.25, 0.3) is 0 Å². The highest BCUT2D eigenvalue weighted by Gasteiger charge is 2.37. The average Bonchev–Trinajstić information content (AvgIpc) is 2.59. The van der Waals surface area contributed by atoms with Crippen LogP contribution in [0.1, 0.15) is 18.9 Å². The van der Waals surface area contributed by atoms with Gasteiger partial charge in [-0.1, -0.05) is 6.07 Å². The number of aryl methyl sites for hydroxylation is 1. The molecule has 1 fully saturated rings. The molecule has 2 unspecified atom stereocenters. The first-order valence-corrected chi connectivity index (χ1v) is 8.11. The van der Waals surface area contributed by atoms with Gasteiger partial charge in [-0.15, -0.1) is 0 Å². The summed E-state index contributed by atoms with van der Waals surface area (Å²) in [6.45, 7) is 4.28. The zero-order valence-corrected chi connectivity index (χ0v) is 12.8. The van der Waals surface area contributed by atoms with Crippen molar-refractivity contribution in [3.63, 3.8) is 0 Å². The van der Waals surface area contributed by atoms with E-state index in [2.05, 4.69) is 15.9 Å². The number of rotatable bonds is 2. The van der Waals surface area contributed by atoms with E-state index in [1.54, 1.807) is 12.1 Å². The highest BCUT2D eigenvalue weighted by molar-refractivity contribution is 9.10. The molecule has 0 radical (unpaired) electrons. The Morgan fingerprint density at radius 3 is 2.61 bits per heavy atom. The van der Waals surface area contributed by atoms with Gasteiger partial charge in [0.1, 0.15) is 0 Å². The van der Waals surface area contributed by atoms with Gasteiger partial charge in [0, 0.05) is 23.1 Å². The Balaban J connectivity index is 2.43. The second-order valence-corrected chi connectivity index (χ2v) is 7.46. The Bertz CT molecular complexity index is 559. The lowest BCUT2D eigenvalue weighted by Gasteiger charge is -2.23. The molecule has 1 aliphatic heterocycles. The molecule has 1 heterocycles. The highest BCUT2D eigenvalue weighted by Crippen LogP contribution is 2.30. The SMILES string of the molecule is Cc1ccc(S(=O)(=O)N2CCC(N)C2C)c(Br)c1. The van der Waals surface area contributed by atoms with E-state index in [9.17, 15) is 8.42 Å². The third-order valence-electron chi connectivity index (χ3n) is 3.43. The van der Waals surface area contributed by atoms with Crippen LogP contribution in [0, 0.1) is 6.92 Å². The molecule has 4 nitrogen and oxygen atoms in total. The molecule has 0 bridgehead atoms. The van der Waals surface area contributed by atoms with Gasteiger partial charge >= 0.3 is 0 Å². The topological polar surface area (TPSA) is 63.4 Å². The minimum Gasteiger partial charge on any atom is -0.326 e. The lowest BCUT2D eigenvalue weighted by molar-refractivity contribution is 0.393. The number of halogens is 1. The van der Waals surface area contributed by atoms with E-state index in [1.165, 1.54) is 4.31 Å². The monoisotopic (exact) mass is 332 g/mol. The molecule has 0 aliphatic carbocycles. The van der Waals surface area contributed by atoms with Gasteiger partial charge in [0.2, 0.25) is 10.0 Å². The third-order valence-corrected chi connectivity index (χ3v) is 6.39. The van der Waals surface area contributed by atoms with Crippen LogP contribution in [0.5, 0.6) is 0 Å². The molecule has 1 saturated heterocycles. The van der Waals surface area contributed by atoms with Crippen LogP contribution in [0.4, 0.5) is 0 Å². The molecule has 0 saturated carbocycles. The van der Waals surface area contributed by atoms with Gasteiger partial charge in [-0.2, -0.15) is 4.31 Å². The largest absolute Gasteiger partial charge is 0.326 e. The minimum absolute atomic E-state index is 0.0796. The van der Waals surface area contributed by atoms with E-state index in [0.29, 0.717) is 22.3 Å². The molecule has 18 heavy (non-hydrogen) atoms. The Labute approximate surface area is 116 Å². The fourth-order valence-corrected chi connectivity index (χ4v) is 5.06. The molecule has 0 amide bonds. The predicted molar refractivity (Wildman–Crippen MR) is 74.8 cm³/mol. The zero-order valence-electron chi connectivity index (χ0n) is 10.4. The number of nitrogens with zero attached hydrogens (tertiary/aromatic N) is 1. The van der Waals surface area contributed by atoms with Crippen LogP contribution >= 0.6 is 15.9 Å². The smallest absolute Gasteiger partial charge is 0.244 e. The van der Waals surface area contributed by atoms with Crippen molar-refractivity contribution in [3.05, 3.63) is 28.2 Å². The van der Waals surface area contributed by atoms with Crippen LogP contribution in [0.3, 0.4) is 0 Å². The molecule has 0 aromatic heterocycles. The van der Waals surface area contributed by atoms with Crippen LogP contribution in [-0.4, -0.2) is 31.4 Å². The summed E-state index contributed by atoms with van der Waals surface area (Å²) in [6, 6.07) is 5.03. The third kappa shape index (κ3) is 2.34. The summed E-state index contributed by atoms with van der Waals surface area (Å²) in [5.41, 5.74) is 6.91. The van der Waals surface area contributed by atoms with Crippen molar-refractivity contribution in [1.29, 1.82) is 0 Å². The molecule has 1 aliphatic rings.